The molecule has 0 spiro atoms. The van der Waals surface area contributed by atoms with E-state index < -0.39 is 0 Å². The highest BCUT2D eigenvalue weighted by Gasteiger charge is 2.40. The Morgan fingerprint density at radius 3 is 1.45 bits per heavy atom. The first-order valence-corrected chi connectivity index (χ1v) is 17.8. The standard InChI is InChI=1S/C48H49N/c1-9-47(5,6)37-24-29-41-42(30-37)48(7,8)43-31-38(46(2,3)4)32-44(45(41)43)49(39-25-20-35(21-26-39)33-16-12-10-13-17-33)40-27-22-36(23-28-40)34-18-14-11-15-19-34/h10-32H,9H2,1-8H3. The van der Waals surface area contributed by atoms with Crippen molar-refractivity contribution in [2.45, 2.75) is 78.1 Å². The van der Waals surface area contributed by atoms with Gasteiger partial charge in [0.1, 0.15) is 0 Å². The van der Waals surface area contributed by atoms with Gasteiger partial charge in [-0.3, -0.25) is 0 Å². The number of rotatable bonds is 7. The molecule has 0 aliphatic heterocycles. The second-order valence-corrected chi connectivity index (χ2v) is 16.0. The lowest BCUT2D eigenvalue weighted by molar-refractivity contribution is 0.504. The molecule has 1 aliphatic carbocycles. The molecular formula is C48H49N. The summed E-state index contributed by atoms with van der Waals surface area (Å²) in [4.78, 5) is 2.49. The molecule has 0 atom stereocenters. The minimum atomic E-state index is -0.138. The zero-order valence-electron chi connectivity index (χ0n) is 30.4. The molecule has 1 heteroatoms. The number of anilines is 3. The van der Waals surface area contributed by atoms with Crippen molar-refractivity contribution in [1.82, 2.24) is 0 Å². The molecule has 1 nitrogen and oxygen atoms in total. The average Bonchev–Trinajstić information content (AvgIpc) is 3.35. The molecule has 0 fully saturated rings. The van der Waals surface area contributed by atoms with Crippen LogP contribution >= 0.6 is 0 Å². The number of hydrogen-bond donors (Lipinski definition) is 0. The highest BCUT2D eigenvalue weighted by molar-refractivity contribution is 5.96. The van der Waals surface area contributed by atoms with E-state index >= 15 is 0 Å². The Kier molecular flexibility index (Phi) is 8.14. The summed E-state index contributed by atoms with van der Waals surface area (Å²) < 4.78 is 0. The maximum absolute atomic E-state index is 2.51. The smallest absolute Gasteiger partial charge is 0.0546 e. The van der Waals surface area contributed by atoms with Gasteiger partial charge in [-0.25, -0.2) is 0 Å². The summed E-state index contributed by atoms with van der Waals surface area (Å²) >= 11 is 0. The molecule has 246 valence electrons. The van der Waals surface area contributed by atoms with Gasteiger partial charge in [-0.2, -0.15) is 0 Å². The summed E-state index contributed by atoms with van der Waals surface area (Å²) in [6, 6.07) is 51.8. The Labute approximate surface area is 294 Å². The highest BCUT2D eigenvalue weighted by Crippen LogP contribution is 2.56. The van der Waals surface area contributed by atoms with Gasteiger partial charge in [0.25, 0.3) is 0 Å². The van der Waals surface area contributed by atoms with Crippen LogP contribution in [-0.4, -0.2) is 0 Å². The van der Waals surface area contributed by atoms with Crippen LogP contribution in [0.3, 0.4) is 0 Å². The van der Waals surface area contributed by atoms with Crippen LogP contribution in [0.15, 0.2) is 140 Å². The summed E-state index contributed by atoms with van der Waals surface area (Å²) in [5.74, 6) is 0. The highest BCUT2D eigenvalue weighted by atomic mass is 15.1. The number of nitrogens with zero attached hydrogens (tertiary/aromatic N) is 1. The van der Waals surface area contributed by atoms with E-state index in [1.807, 2.05) is 0 Å². The fraction of sp³-hybridized carbons (Fsp3) is 0.250. The fourth-order valence-corrected chi connectivity index (χ4v) is 7.36. The Morgan fingerprint density at radius 2 is 0.980 bits per heavy atom. The molecule has 0 heterocycles. The van der Waals surface area contributed by atoms with E-state index in [-0.39, 0.29) is 16.2 Å². The van der Waals surface area contributed by atoms with Gasteiger partial charge in [0, 0.05) is 22.4 Å². The van der Waals surface area contributed by atoms with E-state index in [4.69, 9.17) is 0 Å². The molecule has 0 aromatic heterocycles. The van der Waals surface area contributed by atoms with Crippen LogP contribution in [0, 0.1) is 0 Å². The Morgan fingerprint density at radius 1 is 0.510 bits per heavy atom. The minimum absolute atomic E-state index is 0.0238. The van der Waals surface area contributed by atoms with Crippen LogP contribution in [0.5, 0.6) is 0 Å². The van der Waals surface area contributed by atoms with Crippen LogP contribution in [0.4, 0.5) is 17.1 Å². The van der Waals surface area contributed by atoms with E-state index in [9.17, 15) is 0 Å². The quantitative estimate of drug-likeness (QED) is 0.168. The number of benzene rings is 6. The molecule has 0 saturated heterocycles. The molecule has 6 aromatic rings. The number of fused-ring (bicyclic) bond motifs is 3. The van der Waals surface area contributed by atoms with Crippen LogP contribution in [0.2, 0.25) is 0 Å². The normalized spacial score (nSPS) is 13.6. The summed E-state index contributed by atoms with van der Waals surface area (Å²) in [6.07, 6.45) is 1.10. The molecule has 0 saturated carbocycles. The van der Waals surface area contributed by atoms with Crippen molar-refractivity contribution in [3.05, 3.63) is 162 Å². The second kappa shape index (κ2) is 12.2. The predicted octanol–water partition coefficient (Wildman–Crippen LogP) is 13.8. The van der Waals surface area contributed by atoms with E-state index in [2.05, 4.69) is 200 Å². The minimum Gasteiger partial charge on any atom is -0.310 e. The van der Waals surface area contributed by atoms with E-state index in [1.54, 1.807) is 0 Å². The van der Waals surface area contributed by atoms with Crippen molar-refractivity contribution in [3.8, 4) is 33.4 Å². The van der Waals surface area contributed by atoms with Gasteiger partial charge in [0.15, 0.2) is 0 Å². The molecule has 7 rings (SSSR count). The first kappa shape index (κ1) is 32.7. The molecule has 6 aromatic carbocycles. The van der Waals surface area contributed by atoms with Gasteiger partial charge in [0.2, 0.25) is 0 Å². The van der Waals surface area contributed by atoms with Gasteiger partial charge < -0.3 is 4.90 Å². The fourth-order valence-electron chi connectivity index (χ4n) is 7.36. The van der Waals surface area contributed by atoms with Crippen LogP contribution < -0.4 is 4.90 Å². The van der Waals surface area contributed by atoms with Gasteiger partial charge in [-0.05, 0) is 97.7 Å². The zero-order valence-corrected chi connectivity index (χ0v) is 30.4. The van der Waals surface area contributed by atoms with Gasteiger partial charge in [-0.15, -0.1) is 0 Å². The third-order valence-electron chi connectivity index (χ3n) is 11.0. The molecule has 0 bridgehead atoms. The van der Waals surface area contributed by atoms with Crippen molar-refractivity contribution in [3.63, 3.8) is 0 Å². The van der Waals surface area contributed by atoms with E-state index in [0.29, 0.717) is 0 Å². The third kappa shape index (κ3) is 5.90. The Balaban J connectivity index is 1.47. The number of hydrogen-bond acceptors (Lipinski definition) is 1. The first-order chi connectivity index (χ1) is 23.4. The third-order valence-corrected chi connectivity index (χ3v) is 11.0. The van der Waals surface area contributed by atoms with Crippen LogP contribution in [0.1, 0.15) is 84.1 Å². The van der Waals surface area contributed by atoms with Crippen molar-refractivity contribution in [2.75, 3.05) is 4.90 Å². The summed E-state index contributed by atoms with van der Waals surface area (Å²) in [6.45, 7) is 18.9. The van der Waals surface area contributed by atoms with Crippen molar-refractivity contribution in [1.29, 1.82) is 0 Å². The second-order valence-electron chi connectivity index (χ2n) is 16.0. The van der Waals surface area contributed by atoms with E-state index in [1.165, 1.54) is 61.3 Å². The average molecular weight is 640 g/mol. The molecule has 0 radical (unpaired) electrons. The molecule has 0 amide bonds. The molecule has 1 aliphatic rings. The van der Waals surface area contributed by atoms with Crippen molar-refractivity contribution >= 4 is 17.1 Å². The Hall–Kier alpha value is -4.88. The summed E-state index contributed by atoms with van der Waals surface area (Å²) in [5, 5.41) is 0. The van der Waals surface area contributed by atoms with Gasteiger partial charge >= 0.3 is 0 Å². The lowest BCUT2D eigenvalue weighted by atomic mass is 9.76. The molecule has 0 N–H and O–H groups in total. The monoisotopic (exact) mass is 639 g/mol. The topological polar surface area (TPSA) is 3.24 Å². The SMILES string of the molecule is CCC(C)(C)c1ccc2c(c1)C(C)(C)c1cc(C(C)(C)C)cc(N(c3ccc(-c4ccccc4)cc3)c3ccc(-c4ccccc4)cc3)c1-2. The predicted molar refractivity (Wildman–Crippen MR) is 212 cm³/mol. The zero-order chi connectivity index (χ0) is 34.6. The molecular weight excluding hydrogens is 591 g/mol. The summed E-state index contributed by atoms with van der Waals surface area (Å²) in [5.41, 5.74) is 16.7. The van der Waals surface area contributed by atoms with E-state index in [0.717, 1.165) is 17.8 Å². The van der Waals surface area contributed by atoms with Gasteiger partial charge in [0.05, 0.1) is 5.69 Å². The Bertz CT molecular complexity index is 2010. The van der Waals surface area contributed by atoms with Crippen molar-refractivity contribution in [2.24, 2.45) is 0 Å². The molecule has 0 unspecified atom stereocenters. The largest absolute Gasteiger partial charge is 0.310 e. The van der Waals surface area contributed by atoms with Crippen molar-refractivity contribution < 1.29 is 0 Å². The molecule has 49 heavy (non-hydrogen) atoms. The first-order valence-electron chi connectivity index (χ1n) is 17.8. The lowest BCUT2D eigenvalue weighted by Gasteiger charge is -2.32. The summed E-state index contributed by atoms with van der Waals surface area (Å²) in [7, 11) is 0. The lowest BCUT2D eigenvalue weighted by Crippen LogP contribution is -2.21. The van der Waals surface area contributed by atoms with Gasteiger partial charge in [-0.1, -0.05) is 165 Å². The van der Waals surface area contributed by atoms with Crippen LogP contribution in [0.25, 0.3) is 33.4 Å². The maximum Gasteiger partial charge on any atom is 0.0546 e. The van der Waals surface area contributed by atoms with Crippen LogP contribution in [-0.2, 0) is 16.2 Å². The maximum atomic E-state index is 2.51.